The molecular weight excluding hydrogens is 493 g/mol. The van der Waals surface area contributed by atoms with Gasteiger partial charge in [0.1, 0.15) is 5.75 Å². The Labute approximate surface area is 231 Å². The lowest BCUT2D eigenvalue weighted by Gasteiger charge is -2.45. The average molecular weight is 551 g/mol. The molecule has 6 heteroatoms. The van der Waals surface area contributed by atoms with Crippen molar-refractivity contribution in [3.05, 3.63) is 42.5 Å². The molecule has 4 nitrogen and oxygen atoms in total. The second-order valence-electron chi connectivity index (χ2n) is 14.0. The Kier molecular flexibility index (Phi) is 12.4. The van der Waals surface area contributed by atoms with E-state index < -0.39 is 16.6 Å². The van der Waals surface area contributed by atoms with Gasteiger partial charge >= 0.3 is 0 Å². The van der Waals surface area contributed by atoms with Gasteiger partial charge in [-0.15, -0.1) is 6.58 Å². The summed E-state index contributed by atoms with van der Waals surface area (Å²) in [6, 6.07) is 8.10. The molecule has 0 aromatic heterocycles. The zero-order valence-electron chi connectivity index (χ0n) is 26.5. The molecule has 0 aliphatic heterocycles. The summed E-state index contributed by atoms with van der Waals surface area (Å²) in [6.45, 7) is 35.3. The van der Waals surface area contributed by atoms with E-state index in [0.29, 0.717) is 13.2 Å². The third-order valence-electron chi connectivity index (χ3n) is 8.84. The van der Waals surface area contributed by atoms with Crippen LogP contribution in [0.2, 0.25) is 36.3 Å². The Morgan fingerprint density at radius 2 is 1.35 bits per heavy atom. The Bertz CT molecular complexity index is 821. The van der Waals surface area contributed by atoms with E-state index in [4.69, 9.17) is 18.3 Å². The number of ether oxygens (including phenoxy) is 2. The normalized spacial score (nSPS) is 17.6. The van der Waals surface area contributed by atoms with Crippen LogP contribution in [0.4, 0.5) is 0 Å². The summed E-state index contributed by atoms with van der Waals surface area (Å²) in [7, 11) is -2.21. The molecule has 0 bridgehead atoms. The van der Waals surface area contributed by atoms with E-state index in [1.165, 1.54) is 0 Å². The maximum Gasteiger partial charge on any atom is 0.192 e. The summed E-state index contributed by atoms with van der Waals surface area (Å²) in [5, 5.41) is 0.296. The summed E-state index contributed by atoms with van der Waals surface area (Å²) in [5.41, 5.74) is 1.13. The maximum absolute atomic E-state index is 7.18. The SMILES string of the molecule is C=C[C@H](C)[C@H](OCc1ccc(OC)cc1)[C@@H](C)[C@@H](O[Si](C)(C)C(C)(C)C)[C@H](C)CO[Si](C)(C)C(C)(C)C. The van der Waals surface area contributed by atoms with Crippen LogP contribution in [-0.2, 0) is 20.2 Å². The monoisotopic (exact) mass is 550 g/mol. The molecule has 0 heterocycles. The molecule has 37 heavy (non-hydrogen) atoms. The molecule has 214 valence electrons. The van der Waals surface area contributed by atoms with E-state index in [2.05, 4.69) is 107 Å². The molecule has 1 rings (SSSR count). The largest absolute Gasteiger partial charge is 0.497 e. The fraction of sp³-hybridized carbons (Fsp3) is 0.742. The minimum atomic E-state index is -2.03. The third-order valence-corrected chi connectivity index (χ3v) is 17.8. The smallest absolute Gasteiger partial charge is 0.192 e. The van der Waals surface area contributed by atoms with Gasteiger partial charge in [-0.25, -0.2) is 0 Å². The van der Waals surface area contributed by atoms with Gasteiger partial charge in [0.25, 0.3) is 0 Å². The van der Waals surface area contributed by atoms with Crippen LogP contribution in [0.3, 0.4) is 0 Å². The van der Waals surface area contributed by atoms with E-state index in [0.717, 1.165) is 11.3 Å². The molecule has 0 N–H and O–H groups in total. The third kappa shape index (κ3) is 9.64. The van der Waals surface area contributed by atoms with Crippen molar-refractivity contribution in [3.63, 3.8) is 0 Å². The predicted octanol–water partition coefficient (Wildman–Crippen LogP) is 9.09. The fourth-order valence-electron chi connectivity index (χ4n) is 3.93. The highest BCUT2D eigenvalue weighted by Crippen LogP contribution is 2.41. The van der Waals surface area contributed by atoms with Crippen LogP contribution in [-0.4, -0.2) is 42.6 Å². The van der Waals surface area contributed by atoms with Crippen molar-refractivity contribution < 1.29 is 18.3 Å². The molecule has 0 aliphatic carbocycles. The minimum absolute atomic E-state index is 0.0222. The molecule has 0 radical (unpaired) electrons. The van der Waals surface area contributed by atoms with Crippen molar-refractivity contribution in [2.45, 2.75) is 117 Å². The Hall–Kier alpha value is -0.926. The first kappa shape index (κ1) is 34.1. The lowest BCUT2D eigenvalue weighted by Crippen LogP contribution is -2.51. The Morgan fingerprint density at radius 3 is 1.78 bits per heavy atom. The molecule has 0 aliphatic rings. The van der Waals surface area contributed by atoms with Crippen LogP contribution < -0.4 is 4.74 Å². The standard InChI is InChI=1S/C31H58O4Si2/c1-16-23(2)28(33-22-26-17-19-27(32-11)20-18-26)25(4)29(35-37(14,15)31(8,9)10)24(3)21-34-36(12,13)30(5,6)7/h16-20,23-25,28-29H,1,21-22H2,2-15H3/t23-,24+,25+,28-,29-/m0/s1. The summed E-state index contributed by atoms with van der Waals surface area (Å²) >= 11 is 0. The molecule has 1 aromatic carbocycles. The highest BCUT2D eigenvalue weighted by atomic mass is 28.4. The number of hydrogen-bond donors (Lipinski definition) is 0. The number of rotatable bonds is 14. The first-order valence-electron chi connectivity index (χ1n) is 14.0. The summed E-state index contributed by atoms with van der Waals surface area (Å²) in [6.07, 6.45) is 2.01. The van der Waals surface area contributed by atoms with Crippen molar-refractivity contribution >= 4 is 16.6 Å². The van der Waals surface area contributed by atoms with Crippen LogP contribution >= 0.6 is 0 Å². The molecule has 0 amide bonds. The van der Waals surface area contributed by atoms with Crippen LogP contribution in [0.15, 0.2) is 36.9 Å². The summed E-state index contributed by atoms with van der Waals surface area (Å²) in [5.74, 6) is 1.44. The summed E-state index contributed by atoms with van der Waals surface area (Å²) in [4.78, 5) is 0. The van der Waals surface area contributed by atoms with Gasteiger partial charge in [0.05, 0.1) is 25.9 Å². The van der Waals surface area contributed by atoms with Crippen molar-refractivity contribution in [3.8, 4) is 5.75 Å². The van der Waals surface area contributed by atoms with E-state index in [9.17, 15) is 0 Å². The maximum atomic E-state index is 7.18. The van der Waals surface area contributed by atoms with Gasteiger partial charge in [0, 0.05) is 24.4 Å². The van der Waals surface area contributed by atoms with Crippen molar-refractivity contribution in [2.75, 3.05) is 13.7 Å². The van der Waals surface area contributed by atoms with Crippen LogP contribution in [0.5, 0.6) is 5.75 Å². The second-order valence-corrected chi connectivity index (χ2v) is 23.5. The van der Waals surface area contributed by atoms with Gasteiger partial charge in [-0.05, 0) is 54.0 Å². The average Bonchev–Trinajstić information content (AvgIpc) is 2.79. The molecule has 0 saturated carbocycles. The zero-order chi connectivity index (χ0) is 28.8. The Morgan fingerprint density at radius 1 is 0.838 bits per heavy atom. The van der Waals surface area contributed by atoms with E-state index in [1.54, 1.807) is 7.11 Å². The van der Waals surface area contributed by atoms with Crippen LogP contribution in [0.1, 0.15) is 67.9 Å². The van der Waals surface area contributed by atoms with Gasteiger partial charge in [0.2, 0.25) is 0 Å². The molecule has 0 saturated heterocycles. The molecule has 0 spiro atoms. The first-order valence-corrected chi connectivity index (χ1v) is 19.8. The van der Waals surface area contributed by atoms with Crippen LogP contribution in [0.25, 0.3) is 0 Å². The number of hydrogen-bond acceptors (Lipinski definition) is 4. The first-order chi connectivity index (χ1) is 16.8. The van der Waals surface area contributed by atoms with Gasteiger partial charge in [-0.1, -0.05) is 80.5 Å². The topological polar surface area (TPSA) is 36.9 Å². The van der Waals surface area contributed by atoms with E-state index >= 15 is 0 Å². The van der Waals surface area contributed by atoms with E-state index in [1.807, 2.05) is 18.2 Å². The second kappa shape index (κ2) is 13.4. The molecule has 0 unspecified atom stereocenters. The minimum Gasteiger partial charge on any atom is -0.497 e. The van der Waals surface area contributed by atoms with Gasteiger partial charge < -0.3 is 18.3 Å². The van der Waals surface area contributed by atoms with Gasteiger partial charge in [-0.2, -0.15) is 0 Å². The number of benzene rings is 1. The lowest BCUT2D eigenvalue weighted by molar-refractivity contribution is -0.0688. The zero-order valence-corrected chi connectivity index (χ0v) is 28.5. The highest BCUT2D eigenvalue weighted by molar-refractivity contribution is 6.74. The summed E-state index contributed by atoms with van der Waals surface area (Å²) < 4.78 is 25.8. The predicted molar refractivity (Wildman–Crippen MR) is 164 cm³/mol. The fourth-order valence-corrected chi connectivity index (χ4v) is 6.52. The quantitative estimate of drug-likeness (QED) is 0.171. The van der Waals surface area contributed by atoms with Gasteiger partial charge in [-0.3, -0.25) is 0 Å². The van der Waals surface area contributed by atoms with Crippen molar-refractivity contribution in [1.29, 1.82) is 0 Å². The van der Waals surface area contributed by atoms with Crippen molar-refractivity contribution in [2.24, 2.45) is 17.8 Å². The Balaban J connectivity index is 3.25. The molecule has 5 atom stereocenters. The van der Waals surface area contributed by atoms with E-state index in [-0.39, 0.29) is 40.0 Å². The van der Waals surface area contributed by atoms with Gasteiger partial charge in [0.15, 0.2) is 16.6 Å². The molecule has 1 aromatic rings. The lowest BCUT2D eigenvalue weighted by atomic mass is 9.84. The number of methoxy groups -OCH3 is 1. The molecule has 0 fully saturated rings. The van der Waals surface area contributed by atoms with Crippen LogP contribution in [0, 0.1) is 17.8 Å². The molecular formula is C31H58O4Si2. The highest BCUT2D eigenvalue weighted by Gasteiger charge is 2.44. The van der Waals surface area contributed by atoms with Crippen molar-refractivity contribution in [1.82, 2.24) is 0 Å².